The van der Waals surface area contributed by atoms with Crippen LogP contribution in [0.25, 0.3) is 27.4 Å². The van der Waals surface area contributed by atoms with Crippen LogP contribution >= 0.6 is 11.3 Å². The van der Waals surface area contributed by atoms with Crippen molar-refractivity contribution in [1.82, 2.24) is 0 Å². The summed E-state index contributed by atoms with van der Waals surface area (Å²) >= 11 is 1.01. The Morgan fingerprint density at radius 1 is 0.933 bits per heavy atom. The van der Waals surface area contributed by atoms with Crippen LogP contribution < -0.4 is 19.2 Å². The molecule has 0 saturated carbocycles. The van der Waals surface area contributed by atoms with Gasteiger partial charge < -0.3 is 9.84 Å². The summed E-state index contributed by atoms with van der Waals surface area (Å²) in [5, 5.41) is 14.1. The minimum Gasteiger partial charge on any atom is -0.822 e. The van der Waals surface area contributed by atoms with Crippen molar-refractivity contribution in [1.29, 1.82) is 0 Å². The van der Waals surface area contributed by atoms with Crippen LogP contribution in [0.2, 0.25) is 0 Å². The summed E-state index contributed by atoms with van der Waals surface area (Å²) in [6, 6.07) is 25.5. The normalized spacial score (nSPS) is 10.4. The average molecular weight is 411 g/mol. The van der Waals surface area contributed by atoms with Gasteiger partial charge in [0.1, 0.15) is 17.9 Å². The molecular formula is C25H17NO3S. The summed E-state index contributed by atoms with van der Waals surface area (Å²) in [5.41, 5.74) is 2.04. The zero-order valence-corrected chi connectivity index (χ0v) is 16.8. The number of rotatable bonds is 5. The molecule has 0 amide bonds. The maximum Gasteiger partial charge on any atom is 0.281 e. The third-order valence-corrected chi connectivity index (χ3v) is 5.50. The Balaban J connectivity index is 2.04. The first-order valence-electron chi connectivity index (χ1n) is 9.27. The molecule has 0 aliphatic rings. The molecule has 4 aromatic rings. The Morgan fingerprint density at radius 2 is 1.57 bits per heavy atom. The van der Waals surface area contributed by atoms with Crippen molar-refractivity contribution >= 4 is 11.3 Å². The fraction of sp³-hybridized carbons (Fsp3) is 0.0400. The second kappa shape index (κ2) is 8.64. The first-order valence-corrected chi connectivity index (χ1v) is 10.1. The fourth-order valence-electron chi connectivity index (χ4n) is 3.20. The van der Waals surface area contributed by atoms with Crippen LogP contribution in [-0.4, -0.2) is 6.61 Å². The van der Waals surface area contributed by atoms with Crippen molar-refractivity contribution in [2.75, 3.05) is 6.61 Å². The average Bonchev–Trinajstić information content (AvgIpc) is 2.79. The van der Waals surface area contributed by atoms with E-state index in [2.05, 4.69) is 5.92 Å². The predicted octanol–water partition coefficient (Wildman–Crippen LogP) is 3.80. The second-order valence-electron chi connectivity index (χ2n) is 6.40. The van der Waals surface area contributed by atoms with Gasteiger partial charge in [-0.2, -0.15) is 4.57 Å². The quantitative estimate of drug-likeness (QED) is 0.371. The number of para-hydroxylation sites is 2. The summed E-state index contributed by atoms with van der Waals surface area (Å²) in [6.07, 6.45) is 5.34. The van der Waals surface area contributed by atoms with Gasteiger partial charge in [0, 0.05) is 12.1 Å². The molecule has 1 heterocycles. The molecule has 30 heavy (non-hydrogen) atoms. The molecular weight excluding hydrogens is 394 g/mol. The molecule has 4 nitrogen and oxygen atoms in total. The van der Waals surface area contributed by atoms with Crippen LogP contribution in [0.3, 0.4) is 0 Å². The lowest BCUT2D eigenvalue weighted by Gasteiger charge is -2.15. The molecule has 0 aliphatic carbocycles. The molecule has 0 radical (unpaired) electrons. The molecule has 3 aromatic carbocycles. The minimum absolute atomic E-state index is 0.0869. The van der Waals surface area contributed by atoms with Crippen molar-refractivity contribution in [2.24, 2.45) is 0 Å². The summed E-state index contributed by atoms with van der Waals surface area (Å²) < 4.78 is 6.94. The van der Waals surface area contributed by atoms with Crippen LogP contribution in [0.15, 0.2) is 89.7 Å². The SMILES string of the molecule is C#CCOc1ccccc1-c1sc(=O)c(-c2ccccc2)c([O-])[n+]1-c1ccccc1. The molecule has 0 saturated heterocycles. The Morgan fingerprint density at radius 3 is 2.27 bits per heavy atom. The third-order valence-electron chi connectivity index (χ3n) is 4.52. The van der Waals surface area contributed by atoms with E-state index in [-0.39, 0.29) is 22.8 Å². The number of hydrogen-bond acceptors (Lipinski definition) is 4. The molecule has 0 atom stereocenters. The van der Waals surface area contributed by atoms with Crippen LogP contribution in [-0.2, 0) is 0 Å². The van der Waals surface area contributed by atoms with E-state index in [1.807, 2.05) is 66.7 Å². The van der Waals surface area contributed by atoms with E-state index in [9.17, 15) is 9.90 Å². The summed E-state index contributed by atoms with van der Waals surface area (Å²) in [7, 11) is 0. The van der Waals surface area contributed by atoms with E-state index in [0.29, 0.717) is 27.6 Å². The number of ether oxygens (including phenoxy) is 1. The summed E-state index contributed by atoms with van der Waals surface area (Å²) in [4.78, 5) is 13.1. The second-order valence-corrected chi connectivity index (χ2v) is 7.36. The van der Waals surface area contributed by atoms with Gasteiger partial charge in [-0.25, -0.2) is 0 Å². The predicted molar refractivity (Wildman–Crippen MR) is 117 cm³/mol. The zero-order chi connectivity index (χ0) is 20.9. The highest BCUT2D eigenvalue weighted by Crippen LogP contribution is 2.33. The van der Waals surface area contributed by atoms with Crippen molar-refractivity contribution in [3.8, 4) is 51.4 Å². The highest BCUT2D eigenvalue weighted by atomic mass is 32.1. The molecule has 4 rings (SSSR count). The lowest BCUT2D eigenvalue weighted by atomic mass is 10.1. The Kier molecular flexibility index (Phi) is 5.60. The smallest absolute Gasteiger partial charge is 0.281 e. The molecule has 0 spiro atoms. The van der Waals surface area contributed by atoms with Crippen molar-refractivity contribution in [3.63, 3.8) is 0 Å². The maximum absolute atomic E-state index is 13.6. The topological polar surface area (TPSA) is 53.2 Å². The lowest BCUT2D eigenvalue weighted by molar-refractivity contribution is -0.638. The van der Waals surface area contributed by atoms with Crippen molar-refractivity contribution in [3.05, 3.63) is 94.5 Å². The van der Waals surface area contributed by atoms with E-state index in [4.69, 9.17) is 11.2 Å². The van der Waals surface area contributed by atoms with Crippen molar-refractivity contribution in [2.45, 2.75) is 0 Å². The van der Waals surface area contributed by atoms with Gasteiger partial charge in [-0.05, 0) is 29.0 Å². The molecule has 0 N–H and O–H groups in total. The van der Waals surface area contributed by atoms with E-state index >= 15 is 0 Å². The number of hydrogen-bond donors (Lipinski definition) is 0. The van der Waals surface area contributed by atoms with Crippen LogP contribution in [0.5, 0.6) is 11.6 Å². The number of nitrogens with zero attached hydrogens (tertiary/aromatic N) is 1. The zero-order valence-electron chi connectivity index (χ0n) is 15.9. The molecule has 146 valence electrons. The first-order chi connectivity index (χ1) is 14.7. The minimum atomic E-state index is -0.377. The molecule has 0 bridgehead atoms. The largest absolute Gasteiger partial charge is 0.822 e. The van der Waals surface area contributed by atoms with Crippen LogP contribution in [0, 0.1) is 12.3 Å². The summed E-state index contributed by atoms with van der Waals surface area (Å²) in [5.74, 6) is 2.58. The highest BCUT2D eigenvalue weighted by molar-refractivity contribution is 7.12. The van der Waals surface area contributed by atoms with Crippen LogP contribution in [0.1, 0.15) is 0 Å². The van der Waals surface area contributed by atoms with Gasteiger partial charge in [0.2, 0.25) is 5.69 Å². The van der Waals surface area contributed by atoms with Gasteiger partial charge in [0.25, 0.3) is 9.75 Å². The van der Waals surface area contributed by atoms with E-state index in [1.54, 1.807) is 22.8 Å². The highest BCUT2D eigenvalue weighted by Gasteiger charge is 2.26. The Labute approximate surface area is 178 Å². The third kappa shape index (κ3) is 3.69. The first kappa shape index (κ1) is 19.4. The van der Waals surface area contributed by atoms with Crippen LogP contribution in [0.4, 0.5) is 0 Å². The maximum atomic E-state index is 13.6. The standard InChI is InChI=1S/C25H17NO3S/c1-2-17-29-21-16-10-9-15-20(21)24-26(19-13-7-4-8-14-19)23(27)22(25(28)30-24)18-11-5-3-6-12-18/h1,3-16H,17H2. The molecule has 0 aliphatic heterocycles. The van der Waals surface area contributed by atoms with Gasteiger partial charge in [-0.1, -0.05) is 66.6 Å². The molecule has 1 aromatic heterocycles. The van der Waals surface area contributed by atoms with Gasteiger partial charge in [0.15, 0.2) is 5.88 Å². The number of terminal acetylenes is 1. The van der Waals surface area contributed by atoms with Gasteiger partial charge in [0.05, 0.1) is 5.56 Å². The fourth-order valence-corrected chi connectivity index (χ4v) is 4.24. The molecule has 0 fully saturated rings. The lowest BCUT2D eigenvalue weighted by Crippen LogP contribution is -2.39. The summed E-state index contributed by atoms with van der Waals surface area (Å²) in [6.45, 7) is 0.0869. The van der Waals surface area contributed by atoms with E-state index in [0.717, 1.165) is 11.3 Å². The van der Waals surface area contributed by atoms with Gasteiger partial charge in [-0.3, -0.25) is 4.79 Å². The monoisotopic (exact) mass is 411 g/mol. The van der Waals surface area contributed by atoms with Crippen molar-refractivity contribution < 1.29 is 14.4 Å². The van der Waals surface area contributed by atoms with Gasteiger partial charge >= 0.3 is 0 Å². The molecule has 0 unspecified atom stereocenters. The Bertz CT molecular complexity index is 1280. The number of aromatic nitrogens is 1. The Hall–Kier alpha value is -3.88. The van der Waals surface area contributed by atoms with E-state index in [1.165, 1.54) is 0 Å². The van der Waals surface area contributed by atoms with Gasteiger partial charge in [-0.15, -0.1) is 6.42 Å². The van der Waals surface area contributed by atoms with E-state index < -0.39 is 0 Å². The molecule has 5 heteroatoms. The number of benzene rings is 3.